The first kappa shape index (κ1) is 29.5. The maximum atomic E-state index is 12.1. The summed E-state index contributed by atoms with van der Waals surface area (Å²) in [5.74, 6) is 0.309. The molecular formula is C30H52O3. The van der Waals surface area contributed by atoms with Crippen LogP contribution in [0.2, 0.25) is 0 Å². The van der Waals surface area contributed by atoms with Gasteiger partial charge in [-0.15, -0.1) is 0 Å². The van der Waals surface area contributed by atoms with Gasteiger partial charge < -0.3 is 9.84 Å². The summed E-state index contributed by atoms with van der Waals surface area (Å²) in [6.45, 7) is 6.92. The van der Waals surface area contributed by atoms with Crippen LogP contribution in [0.25, 0.3) is 0 Å². The number of rotatable bonds is 21. The molecule has 0 spiro atoms. The fraction of sp³-hybridized carbons (Fsp3) is 0.767. The summed E-state index contributed by atoms with van der Waals surface area (Å²) < 4.78 is 5.43. The summed E-state index contributed by atoms with van der Waals surface area (Å²) in [5, 5.41) is 10.2. The quantitative estimate of drug-likeness (QED) is 0.147. The van der Waals surface area contributed by atoms with Crippen molar-refractivity contribution < 1.29 is 14.6 Å². The van der Waals surface area contributed by atoms with Gasteiger partial charge in [0.15, 0.2) is 0 Å². The number of aryl methyl sites for hydroxylation is 3. The van der Waals surface area contributed by atoms with Crippen LogP contribution in [-0.4, -0.2) is 17.7 Å². The van der Waals surface area contributed by atoms with Crippen LogP contribution in [0.3, 0.4) is 0 Å². The van der Waals surface area contributed by atoms with Gasteiger partial charge in [0.25, 0.3) is 0 Å². The minimum atomic E-state index is -0.107. The van der Waals surface area contributed by atoms with Crippen LogP contribution < -0.4 is 0 Å². The minimum Gasteiger partial charge on any atom is -0.507 e. The van der Waals surface area contributed by atoms with Gasteiger partial charge in [-0.3, -0.25) is 4.79 Å². The molecule has 0 aliphatic rings. The Labute approximate surface area is 204 Å². The predicted molar refractivity (Wildman–Crippen MR) is 141 cm³/mol. The van der Waals surface area contributed by atoms with E-state index in [0.29, 0.717) is 25.2 Å². The molecule has 0 saturated carbocycles. The Morgan fingerprint density at radius 1 is 0.697 bits per heavy atom. The number of hydrogen-bond acceptors (Lipinski definition) is 3. The minimum absolute atomic E-state index is 0.107. The summed E-state index contributed by atoms with van der Waals surface area (Å²) >= 11 is 0. The van der Waals surface area contributed by atoms with E-state index < -0.39 is 0 Å². The Kier molecular flexibility index (Phi) is 17.8. The first-order chi connectivity index (χ1) is 16.1. The van der Waals surface area contributed by atoms with Crippen molar-refractivity contribution in [3.63, 3.8) is 0 Å². The third-order valence-corrected chi connectivity index (χ3v) is 6.72. The normalized spacial score (nSPS) is 11.1. The average molecular weight is 461 g/mol. The summed E-state index contributed by atoms with van der Waals surface area (Å²) in [6, 6.07) is 4.05. The molecule has 0 atom stereocenters. The zero-order chi connectivity index (χ0) is 24.2. The third-order valence-electron chi connectivity index (χ3n) is 6.72. The molecular weight excluding hydrogens is 408 g/mol. The molecule has 190 valence electrons. The van der Waals surface area contributed by atoms with Gasteiger partial charge >= 0.3 is 5.97 Å². The third kappa shape index (κ3) is 14.4. The second kappa shape index (κ2) is 19.9. The van der Waals surface area contributed by atoms with E-state index in [0.717, 1.165) is 42.4 Å². The van der Waals surface area contributed by atoms with Gasteiger partial charge in [0.2, 0.25) is 0 Å². The van der Waals surface area contributed by atoms with Gasteiger partial charge in [0, 0.05) is 6.42 Å². The van der Waals surface area contributed by atoms with Gasteiger partial charge in [-0.1, -0.05) is 123 Å². The van der Waals surface area contributed by atoms with Crippen molar-refractivity contribution in [2.75, 3.05) is 6.61 Å². The smallest absolute Gasteiger partial charge is 0.306 e. The maximum absolute atomic E-state index is 12.1. The SMILES string of the molecule is CCCCCCCCCCCCCCCCCOC(=O)CCc1cc(CC)c(O)c(CC)c1. The van der Waals surface area contributed by atoms with E-state index >= 15 is 0 Å². The number of esters is 1. The molecule has 0 fully saturated rings. The molecule has 3 nitrogen and oxygen atoms in total. The van der Waals surface area contributed by atoms with Crippen LogP contribution >= 0.6 is 0 Å². The van der Waals surface area contributed by atoms with Gasteiger partial charge in [-0.25, -0.2) is 0 Å². The second-order valence-electron chi connectivity index (χ2n) is 9.64. The molecule has 0 heterocycles. The van der Waals surface area contributed by atoms with E-state index in [1.165, 1.54) is 83.5 Å². The highest BCUT2D eigenvalue weighted by atomic mass is 16.5. The van der Waals surface area contributed by atoms with Crippen LogP contribution in [0.5, 0.6) is 5.75 Å². The molecule has 0 bridgehead atoms. The average Bonchev–Trinajstić information content (AvgIpc) is 2.83. The Bertz CT molecular complexity index is 598. The van der Waals surface area contributed by atoms with E-state index in [1.54, 1.807) is 0 Å². The van der Waals surface area contributed by atoms with Gasteiger partial charge in [0.05, 0.1) is 6.61 Å². The lowest BCUT2D eigenvalue weighted by molar-refractivity contribution is -0.143. The molecule has 33 heavy (non-hydrogen) atoms. The number of benzene rings is 1. The van der Waals surface area contributed by atoms with Crippen molar-refractivity contribution in [3.05, 3.63) is 28.8 Å². The summed E-state index contributed by atoms with van der Waals surface area (Å²) in [4.78, 5) is 12.1. The van der Waals surface area contributed by atoms with Crippen LogP contribution in [0.1, 0.15) is 140 Å². The lowest BCUT2D eigenvalue weighted by atomic mass is 9.98. The highest BCUT2D eigenvalue weighted by molar-refractivity contribution is 5.69. The lowest BCUT2D eigenvalue weighted by Gasteiger charge is -2.11. The number of ether oxygens (including phenoxy) is 1. The van der Waals surface area contributed by atoms with Gasteiger partial charge in [-0.2, -0.15) is 0 Å². The van der Waals surface area contributed by atoms with Crippen molar-refractivity contribution in [1.29, 1.82) is 0 Å². The summed E-state index contributed by atoms with van der Waals surface area (Å²) in [5.41, 5.74) is 3.05. The zero-order valence-electron chi connectivity index (χ0n) is 22.1. The van der Waals surface area contributed by atoms with Crippen LogP contribution in [-0.2, 0) is 28.8 Å². The van der Waals surface area contributed by atoms with Crippen LogP contribution in [0, 0.1) is 0 Å². The fourth-order valence-electron chi connectivity index (χ4n) is 4.49. The first-order valence-electron chi connectivity index (χ1n) is 14.1. The van der Waals surface area contributed by atoms with E-state index in [2.05, 4.69) is 6.92 Å². The van der Waals surface area contributed by atoms with E-state index in [-0.39, 0.29) is 5.97 Å². The summed E-state index contributed by atoms with van der Waals surface area (Å²) in [6.07, 6.45) is 22.8. The van der Waals surface area contributed by atoms with Gasteiger partial charge in [-0.05, 0) is 42.4 Å². The number of aromatic hydroxyl groups is 1. The number of phenolic OH excluding ortho intramolecular Hbond substituents is 1. The molecule has 0 amide bonds. The molecule has 1 rings (SSSR count). The standard InChI is InChI=1S/C30H52O3/c1-4-7-8-9-10-11-12-13-14-15-16-17-18-19-20-23-33-29(31)22-21-26-24-27(5-2)30(32)28(6-3)25-26/h24-25,32H,4-23H2,1-3H3. The maximum Gasteiger partial charge on any atom is 0.306 e. The Hall–Kier alpha value is -1.51. The highest BCUT2D eigenvalue weighted by Crippen LogP contribution is 2.26. The van der Waals surface area contributed by atoms with Crippen molar-refractivity contribution >= 4 is 5.97 Å². The molecule has 0 saturated heterocycles. The molecule has 0 radical (unpaired) electrons. The monoisotopic (exact) mass is 460 g/mol. The van der Waals surface area contributed by atoms with E-state index in [9.17, 15) is 9.90 Å². The number of hydrogen-bond donors (Lipinski definition) is 1. The van der Waals surface area contributed by atoms with Crippen molar-refractivity contribution in [3.8, 4) is 5.75 Å². The van der Waals surface area contributed by atoms with E-state index in [1.807, 2.05) is 26.0 Å². The van der Waals surface area contributed by atoms with Crippen molar-refractivity contribution in [2.24, 2.45) is 0 Å². The Balaban J connectivity index is 1.95. The molecule has 0 aliphatic carbocycles. The zero-order valence-corrected chi connectivity index (χ0v) is 22.1. The number of carbonyl (C=O) groups is 1. The first-order valence-corrected chi connectivity index (χ1v) is 14.1. The van der Waals surface area contributed by atoms with E-state index in [4.69, 9.17) is 4.74 Å². The fourth-order valence-corrected chi connectivity index (χ4v) is 4.49. The van der Waals surface area contributed by atoms with Crippen molar-refractivity contribution in [2.45, 2.75) is 143 Å². The molecule has 3 heteroatoms. The Morgan fingerprint density at radius 2 is 1.12 bits per heavy atom. The summed E-state index contributed by atoms with van der Waals surface area (Å²) in [7, 11) is 0. The molecule has 0 aliphatic heterocycles. The topological polar surface area (TPSA) is 46.5 Å². The molecule has 1 aromatic rings. The lowest BCUT2D eigenvalue weighted by Crippen LogP contribution is -2.07. The molecule has 0 aromatic heterocycles. The van der Waals surface area contributed by atoms with Gasteiger partial charge in [0.1, 0.15) is 5.75 Å². The molecule has 1 aromatic carbocycles. The molecule has 1 N–H and O–H groups in total. The largest absolute Gasteiger partial charge is 0.507 e. The highest BCUT2D eigenvalue weighted by Gasteiger charge is 2.10. The van der Waals surface area contributed by atoms with Crippen molar-refractivity contribution in [1.82, 2.24) is 0 Å². The number of carbonyl (C=O) groups excluding carboxylic acids is 1. The van der Waals surface area contributed by atoms with Crippen LogP contribution in [0.4, 0.5) is 0 Å². The number of phenols is 1. The second-order valence-corrected chi connectivity index (χ2v) is 9.64. The number of unbranched alkanes of at least 4 members (excludes halogenated alkanes) is 14. The van der Waals surface area contributed by atoms with Crippen LogP contribution in [0.15, 0.2) is 12.1 Å². The molecule has 0 unspecified atom stereocenters. The predicted octanol–water partition coefficient (Wildman–Crippen LogP) is 8.86. The Morgan fingerprint density at radius 3 is 1.55 bits per heavy atom.